The van der Waals surface area contributed by atoms with E-state index in [4.69, 9.17) is 13.8 Å². The lowest BCUT2D eigenvalue weighted by Crippen LogP contribution is -2.44. The van der Waals surface area contributed by atoms with Crippen LogP contribution in [0.15, 0.2) is 42.6 Å². The fourth-order valence-electron chi connectivity index (χ4n) is 3.38. The third kappa shape index (κ3) is 7.16. The smallest absolute Gasteiger partial charge is 0.459 e. The predicted molar refractivity (Wildman–Crippen MR) is 127 cm³/mol. The van der Waals surface area contributed by atoms with E-state index in [1.54, 1.807) is 44.2 Å². The van der Waals surface area contributed by atoms with Crippen LogP contribution in [0.2, 0.25) is 0 Å². The Hall–Kier alpha value is -2.21. The molecule has 2 aliphatic rings. The van der Waals surface area contributed by atoms with Gasteiger partial charge in [0.1, 0.15) is 23.3 Å². The number of amides is 1. The lowest BCUT2D eigenvalue weighted by molar-refractivity contribution is -0.149. The zero-order valence-corrected chi connectivity index (χ0v) is 21.2. The van der Waals surface area contributed by atoms with Gasteiger partial charge >= 0.3 is 13.7 Å². The van der Waals surface area contributed by atoms with Crippen LogP contribution in [-0.2, 0) is 28.2 Å². The molecule has 1 aromatic carbocycles. The van der Waals surface area contributed by atoms with E-state index in [2.05, 4.69) is 5.09 Å². The van der Waals surface area contributed by atoms with Crippen molar-refractivity contribution >= 4 is 37.2 Å². The summed E-state index contributed by atoms with van der Waals surface area (Å²) in [5.41, 5.74) is 0. The highest BCUT2D eigenvalue weighted by molar-refractivity contribution is 8.00. The first kappa shape index (κ1) is 27.4. The number of aliphatic hydroxyl groups is 2. The Balaban J connectivity index is 1.72. The van der Waals surface area contributed by atoms with Crippen molar-refractivity contribution in [3.8, 4) is 5.75 Å². The van der Waals surface area contributed by atoms with E-state index in [0.29, 0.717) is 0 Å². The van der Waals surface area contributed by atoms with Crippen molar-refractivity contribution in [1.29, 1.82) is 0 Å². The molecule has 0 aliphatic carbocycles. The number of rotatable bonds is 10. The number of ether oxygens (including phenoxy) is 1. The SMILES string of the molecule is CC(C)OC(=O)[C@@H](C)N[P@@](=O)(OC[C@H]1S[C@@H](N2C=CC(=O)CC2=O)[C@H](O)[C@@H]1O)Oc1ccccc1. The fourth-order valence-corrected chi connectivity index (χ4v) is 6.46. The van der Waals surface area contributed by atoms with E-state index in [-0.39, 0.29) is 30.7 Å². The van der Waals surface area contributed by atoms with Gasteiger partial charge in [-0.1, -0.05) is 18.2 Å². The number of benzene rings is 1. The van der Waals surface area contributed by atoms with Crippen molar-refractivity contribution in [3.63, 3.8) is 0 Å². The molecule has 0 unspecified atom stereocenters. The summed E-state index contributed by atoms with van der Waals surface area (Å²) in [6, 6.07) is 7.15. The number of thioether (sulfide) groups is 1. The van der Waals surface area contributed by atoms with E-state index in [1.165, 1.54) is 24.1 Å². The quantitative estimate of drug-likeness (QED) is 0.231. The average molecular weight is 529 g/mol. The lowest BCUT2D eigenvalue weighted by Gasteiger charge is -2.29. The minimum atomic E-state index is -4.16. The maximum absolute atomic E-state index is 13.6. The van der Waals surface area contributed by atoms with Gasteiger partial charge in [-0.3, -0.25) is 18.9 Å². The van der Waals surface area contributed by atoms with Crippen molar-refractivity contribution in [2.24, 2.45) is 0 Å². The highest BCUT2D eigenvalue weighted by Gasteiger charge is 2.47. The minimum absolute atomic E-state index is 0.221. The summed E-state index contributed by atoms with van der Waals surface area (Å²) in [6.07, 6.45) is -0.861. The van der Waals surface area contributed by atoms with Crippen molar-refractivity contribution < 1.29 is 42.9 Å². The van der Waals surface area contributed by atoms with Crippen LogP contribution < -0.4 is 9.61 Å². The molecule has 0 saturated carbocycles. The maximum Gasteiger partial charge on any atom is 0.459 e. The van der Waals surface area contributed by atoms with E-state index >= 15 is 0 Å². The number of aliphatic hydroxyl groups excluding tert-OH is 2. The fraction of sp³-hybridized carbons (Fsp3) is 0.500. The van der Waals surface area contributed by atoms with Gasteiger partial charge in [0.15, 0.2) is 5.78 Å². The normalized spacial score (nSPS) is 27.1. The van der Waals surface area contributed by atoms with Crippen molar-refractivity contribution in [1.82, 2.24) is 9.99 Å². The van der Waals surface area contributed by atoms with Gasteiger partial charge in [0.25, 0.3) is 0 Å². The molecule has 2 aliphatic heterocycles. The first-order valence-corrected chi connectivity index (χ1v) is 13.5. The summed E-state index contributed by atoms with van der Waals surface area (Å²) in [6.45, 7) is 4.47. The second kappa shape index (κ2) is 11.7. The number of para-hydroxylation sites is 1. The number of carbonyl (C=O) groups is 3. The number of ketones is 1. The Morgan fingerprint density at radius 1 is 1.20 bits per heavy atom. The molecule has 1 aromatic rings. The molecule has 13 heteroatoms. The summed E-state index contributed by atoms with van der Waals surface area (Å²) in [7, 11) is -4.16. The van der Waals surface area contributed by atoms with Crippen LogP contribution in [0.25, 0.3) is 0 Å². The molecule has 2 heterocycles. The molecule has 1 amide bonds. The van der Waals surface area contributed by atoms with E-state index in [1.807, 2.05) is 0 Å². The summed E-state index contributed by atoms with van der Waals surface area (Å²) in [4.78, 5) is 37.1. The van der Waals surface area contributed by atoms with Crippen LogP contribution in [0.4, 0.5) is 0 Å². The summed E-state index contributed by atoms with van der Waals surface area (Å²) >= 11 is 1.04. The molecule has 0 radical (unpaired) electrons. The standard InChI is InChI=1S/C22H29N2O9PS/c1-13(2)32-22(29)14(3)23-34(30,33-16-7-5-4-6-8-16)31-12-17-19(27)20(28)21(35-17)24-10-9-15(25)11-18(24)26/h4-10,13-14,17,19-21,27-28H,11-12H2,1-3H3,(H,23,30)/t14-,17-,19-,20-,21-,34-/m1/s1. The molecular formula is C22H29N2O9PS. The Kier molecular flexibility index (Phi) is 9.14. The molecule has 6 atom stereocenters. The third-order valence-electron chi connectivity index (χ3n) is 5.08. The van der Waals surface area contributed by atoms with Gasteiger partial charge in [0.2, 0.25) is 5.91 Å². The number of nitrogens with zero attached hydrogens (tertiary/aromatic N) is 1. The lowest BCUT2D eigenvalue weighted by atomic mass is 10.1. The number of hydrogen-bond donors (Lipinski definition) is 3. The minimum Gasteiger partial charge on any atom is -0.462 e. The van der Waals surface area contributed by atoms with Crippen LogP contribution in [-0.4, -0.2) is 74.4 Å². The second-order valence-electron chi connectivity index (χ2n) is 8.34. The van der Waals surface area contributed by atoms with E-state index < -0.39 is 48.5 Å². The van der Waals surface area contributed by atoms with Crippen LogP contribution in [0.3, 0.4) is 0 Å². The van der Waals surface area contributed by atoms with Crippen LogP contribution >= 0.6 is 19.5 Å². The Morgan fingerprint density at radius 3 is 2.51 bits per heavy atom. The second-order valence-corrected chi connectivity index (χ2v) is 11.4. The highest BCUT2D eigenvalue weighted by Crippen LogP contribution is 2.47. The molecule has 3 rings (SSSR count). The maximum atomic E-state index is 13.6. The number of nitrogens with one attached hydrogen (secondary N) is 1. The van der Waals surface area contributed by atoms with Gasteiger partial charge in [-0.05, 0) is 39.0 Å². The highest BCUT2D eigenvalue weighted by atomic mass is 32.2. The molecule has 0 spiro atoms. The van der Waals surface area contributed by atoms with Crippen LogP contribution in [0, 0.1) is 0 Å². The van der Waals surface area contributed by atoms with Gasteiger partial charge in [0.05, 0.1) is 30.5 Å². The molecular weight excluding hydrogens is 499 g/mol. The van der Waals surface area contributed by atoms with Gasteiger partial charge < -0.3 is 24.4 Å². The first-order valence-electron chi connectivity index (χ1n) is 11.0. The summed E-state index contributed by atoms with van der Waals surface area (Å²) < 4.78 is 29.9. The molecule has 1 fully saturated rings. The van der Waals surface area contributed by atoms with Crippen molar-refractivity contribution in [2.75, 3.05) is 6.61 Å². The molecule has 35 heavy (non-hydrogen) atoms. The van der Waals surface area contributed by atoms with E-state index in [0.717, 1.165) is 11.8 Å². The predicted octanol–water partition coefficient (Wildman–Crippen LogP) is 1.60. The Bertz CT molecular complexity index is 1010. The van der Waals surface area contributed by atoms with Crippen molar-refractivity contribution in [3.05, 3.63) is 42.6 Å². The molecule has 0 bridgehead atoms. The Morgan fingerprint density at radius 2 is 1.89 bits per heavy atom. The molecule has 3 N–H and O–H groups in total. The average Bonchev–Trinajstić information content (AvgIpc) is 3.06. The van der Waals surface area contributed by atoms with Crippen LogP contribution in [0.1, 0.15) is 27.2 Å². The topological polar surface area (TPSA) is 152 Å². The van der Waals surface area contributed by atoms with Crippen molar-refractivity contribution in [2.45, 2.75) is 62.2 Å². The largest absolute Gasteiger partial charge is 0.462 e. The first-order chi connectivity index (χ1) is 16.5. The van der Waals surface area contributed by atoms with Gasteiger partial charge in [0, 0.05) is 6.20 Å². The molecule has 192 valence electrons. The Labute approximate surface area is 207 Å². The van der Waals surface area contributed by atoms with Crippen LogP contribution in [0.5, 0.6) is 5.75 Å². The molecule has 11 nitrogen and oxygen atoms in total. The number of carbonyl (C=O) groups excluding carboxylic acids is 3. The third-order valence-corrected chi connectivity index (χ3v) is 8.27. The van der Waals surface area contributed by atoms with Gasteiger partial charge in [-0.15, -0.1) is 11.8 Å². The molecule has 0 aromatic heterocycles. The monoisotopic (exact) mass is 528 g/mol. The van der Waals surface area contributed by atoms with Gasteiger partial charge in [-0.2, -0.15) is 5.09 Å². The summed E-state index contributed by atoms with van der Waals surface area (Å²) in [5, 5.41) is 22.0. The zero-order valence-electron chi connectivity index (χ0n) is 19.5. The zero-order chi connectivity index (χ0) is 25.8. The number of allylic oxidation sites excluding steroid dienone is 1. The summed E-state index contributed by atoms with van der Waals surface area (Å²) in [5.74, 6) is -1.28. The van der Waals surface area contributed by atoms with E-state index in [9.17, 15) is 29.2 Å². The number of esters is 1. The molecule has 1 saturated heterocycles. The van der Waals surface area contributed by atoms with Gasteiger partial charge in [-0.25, -0.2) is 4.57 Å². The number of hydrogen-bond acceptors (Lipinski definition) is 10.